The van der Waals surface area contributed by atoms with Crippen molar-refractivity contribution >= 4 is 87.5 Å². The van der Waals surface area contributed by atoms with E-state index in [0.717, 1.165) is 81.9 Å². The smallest absolute Gasteiger partial charge is 0.399 e. The molecule has 0 N–H and O–H groups in total. The second-order valence-electron chi connectivity index (χ2n) is 24.9. The topological polar surface area (TPSA) is 70.0 Å². The van der Waals surface area contributed by atoms with Gasteiger partial charge in [0.25, 0.3) is 0 Å². The van der Waals surface area contributed by atoms with Crippen molar-refractivity contribution in [2.24, 2.45) is 0 Å². The van der Waals surface area contributed by atoms with Gasteiger partial charge in [-0.05, 0) is 142 Å². The zero-order valence-corrected chi connectivity index (χ0v) is 55.8. The molecule has 5 heterocycles. The van der Waals surface area contributed by atoms with Crippen LogP contribution in [-0.2, 0) is 9.31 Å². The molecule has 0 bridgehead atoms. The number of hydrogen-bond acceptors (Lipinski definition) is 8. The van der Waals surface area contributed by atoms with Gasteiger partial charge in [0.05, 0.1) is 43.0 Å². The van der Waals surface area contributed by atoms with Gasteiger partial charge in [-0.1, -0.05) is 285 Å². The lowest BCUT2D eigenvalue weighted by atomic mass is 9.78. The van der Waals surface area contributed by atoms with Gasteiger partial charge < -0.3 is 9.31 Å². The fraction of sp³-hybridized carbons (Fsp3) is 0.0698. The Morgan fingerprint density at radius 2 is 0.604 bits per heavy atom. The molecule has 10 heteroatoms. The molecule has 6 nitrogen and oxygen atoms in total. The summed E-state index contributed by atoms with van der Waals surface area (Å²) in [5.74, 6) is 0.740. The second-order valence-corrected chi connectivity index (χ2v) is 27.3. The van der Waals surface area contributed by atoms with E-state index in [4.69, 9.17) is 30.9 Å². The molecule has 4 aromatic heterocycles. The summed E-state index contributed by atoms with van der Waals surface area (Å²) in [7, 11) is -0.358. The summed E-state index contributed by atoms with van der Waals surface area (Å²) < 4.78 is 17.2. The van der Waals surface area contributed by atoms with Crippen LogP contribution >= 0.6 is 34.3 Å². The molecule has 16 aromatic rings. The van der Waals surface area contributed by atoms with Crippen molar-refractivity contribution in [3.63, 3.8) is 0 Å². The molecular weight excluding hydrogens is 1230 g/mol. The molecular formula is C86H64BClN4O2S2. The molecule has 1 aliphatic heterocycles. The minimum atomic E-state index is -0.358. The van der Waals surface area contributed by atoms with Crippen LogP contribution in [0, 0.1) is 0 Å². The van der Waals surface area contributed by atoms with Crippen molar-refractivity contribution in [2.75, 3.05) is 0 Å². The number of rotatable bonds is 10. The third kappa shape index (κ3) is 12.8. The molecule has 1 aliphatic rings. The number of halogens is 1. The van der Waals surface area contributed by atoms with Crippen LogP contribution in [0.1, 0.15) is 27.7 Å². The van der Waals surface area contributed by atoms with E-state index in [9.17, 15) is 0 Å². The van der Waals surface area contributed by atoms with Crippen molar-refractivity contribution < 1.29 is 9.31 Å². The van der Waals surface area contributed by atoms with E-state index in [1.165, 1.54) is 64.9 Å². The van der Waals surface area contributed by atoms with Gasteiger partial charge in [0.2, 0.25) is 5.28 Å². The molecule has 0 atom stereocenters. The number of fused-ring (bicyclic) bond motifs is 6. The zero-order valence-electron chi connectivity index (χ0n) is 53.4. The Bertz CT molecular complexity index is 5420. The Labute approximate surface area is 573 Å². The lowest BCUT2D eigenvalue weighted by Crippen LogP contribution is -2.41. The molecule has 12 aromatic carbocycles. The zero-order chi connectivity index (χ0) is 65.2. The van der Waals surface area contributed by atoms with Gasteiger partial charge in [0.1, 0.15) is 0 Å². The molecule has 0 spiro atoms. The summed E-state index contributed by atoms with van der Waals surface area (Å²) in [5, 5.41) is 2.60. The van der Waals surface area contributed by atoms with Gasteiger partial charge in [0.15, 0.2) is 5.82 Å². The van der Waals surface area contributed by atoms with Crippen LogP contribution in [0.25, 0.3) is 141 Å². The van der Waals surface area contributed by atoms with Crippen LogP contribution < -0.4 is 5.46 Å². The van der Waals surface area contributed by atoms with Crippen LogP contribution in [0.15, 0.2) is 315 Å². The molecule has 462 valence electrons. The Morgan fingerprint density at radius 3 is 1.05 bits per heavy atom. The predicted molar refractivity (Wildman–Crippen MR) is 406 cm³/mol. The van der Waals surface area contributed by atoms with Crippen molar-refractivity contribution in [1.29, 1.82) is 0 Å². The average molecular weight is 1300 g/mol. The van der Waals surface area contributed by atoms with Crippen LogP contribution in [0.2, 0.25) is 5.28 Å². The molecule has 17 rings (SSSR count). The molecule has 96 heavy (non-hydrogen) atoms. The van der Waals surface area contributed by atoms with E-state index < -0.39 is 0 Å². The third-order valence-corrected chi connectivity index (χ3v) is 20.6. The first kappa shape index (κ1) is 61.7. The SMILES string of the molecule is CC1(C)OB(c2cccc(-c3cccc(-c4ccc(-c5ccccc5)cc4)c3)c2)OC1(C)C.Clc1nc(-c2ccccc2)c2sc3ccccc3c2n1.c1ccc(-c2ccc(-c3cccc(-c4cccc(-c5nc(-c6ccccc6)c6sc7ccccc7c6n5)c4)c3)cc2)cc1. The van der Waals surface area contributed by atoms with Gasteiger partial charge in [-0.25, -0.2) is 19.9 Å². The quantitative estimate of drug-likeness (QED) is 0.100. The van der Waals surface area contributed by atoms with Crippen molar-refractivity contribution in [2.45, 2.75) is 38.9 Å². The average Bonchev–Trinajstić information content (AvgIpc) is 1.63. The van der Waals surface area contributed by atoms with E-state index in [1.807, 2.05) is 54.6 Å². The summed E-state index contributed by atoms with van der Waals surface area (Å²) in [6.45, 7) is 8.35. The van der Waals surface area contributed by atoms with Crippen LogP contribution in [0.3, 0.4) is 0 Å². The van der Waals surface area contributed by atoms with E-state index in [1.54, 1.807) is 22.7 Å². The van der Waals surface area contributed by atoms with Crippen LogP contribution in [0.4, 0.5) is 0 Å². The first-order valence-corrected chi connectivity index (χ1v) is 34.2. The fourth-order valence-corrected chi connectivity index (χ4v) is 14.8. The molecule has 1 saturated heterocycles. The number of nitrogens with zero attached hydrogens (tertiary/aromatic N) is 4. The Hall–Kier alpha value is -10.5. The predicted octanol–water partition coefficient (Wildman–Crippen LogP) is 23.3. The van der Waals surface area contributed by atoms with E-state index >= 15 is 0 Å². The summed E-state index contributed by atoms with van der Waals surface area (Å²) >= 11 is 9.58. The van der Waals surface area contributed by atoms with Gasteiger partial charge in [-0.15, -0.1) is 22.7 Å². The largest absolute Gasteiger partial charge is 0.494 e. The van der Waals surface area contributed by atoms with Gasteiger partial charge in [0, 0.05) is 36.9 Å². The summed E-state index contributed by atoms with van der Waals surface area (Å²) in [5.41, 5.74) is 21.7. The van der Waals surface area contributed by atoms with Crippen LogP contribution in [-0.4, -0.2) is 38.3 Å². The van der Waals surface area contributed by atoms with Crippen molar-refractivity contribution in [1.82, 2.24) is 19.9 Å². The number of benzene rings is 12. The molecule has 0 aliphatic carbocycles. The maximum absolute atomic E-state index is 6.26. The van der Waals surface area contributed by atoms with E-state index in [0.29, 0.717) is 5.28 Å². The second kappa shape index (κ2) is 26.7. The highest BCUT2D eigenvalue weighted by Crippen LogP contribution is 2.42. The standard InChI is InChI=1S/C40H26N2S.C30H29BO2.C16H9ClN2S/c1-3-11-27(12-4-1)28-21-23-29(24-22-28)31-15-9-16-32(25-31)33-17-10-18-34(26-33)40-41-37(30-13-5-2-6-14-30)39-38(42-40)35-19-7-8-20-36(35)43-39;1-29(2)30(3,4)33-31(32-29)28-15-9-14-27(21-28)26-13-8-12-25(20-26)24-18-16-23(17-19-24)22-10-6-5-7-11-22;17-16-18-13(10-6-2-1-3-7-10)15-14(19-16)11-8-4-5-9-12(11)20-15/h1-26H;5-21H,1-4H3;1-9H. The molecule has 0 radical (unpaired) electrons. The molecule has 0 amide bonds. The van der Waals surface area contributed by atoms with Crippen LogP contribution in [0.5, 0.6) is 0 Å². The highest BCUT2D eigenvalue weighted by Gasteiger charge is 2.51. The Balaban J connectivity index is 0.000000126. The lowest BCUT2D eigenvalue weighted by Gasteiger charge is -2.32. The molecule has 0 unspecified atom stereocenters. The summed E-state index contributed by atoms with van der Waals surface area (Å²) in [6.07, 6.45) is 0. The Morgan fingerprint density at radius 1 is 0.292 bits per heavy atom. The normalized spacial score (nSPS) is 13.1. The summed E-state index contributed by atoms with van der Waals surface area (Å²) in [4.78, 5) is 19.2. The first-order chi connectivity index (χ1) is 46.9. The van der Waals surface area contributed by atoms with E-state index in [2.05, 4.69) is 299 Å². The Kier molecular flexibility index (Phi) is 17.2. The van der Waals surface area contributed by atoms with E-state index in [-0.39, 0.29) is 18.3 Å². The molecule has 0 saturated carbocycles. The highest BCUT2D eigenvalue weighted by atomic mass is 35.5. The number of thiophene rings is 2. The van der Waals surface area contributed by atoms with Crippen molar-refractivity contribution in [3.8, 4) is 101 Å². The first-order valence-electron chi connectivity index (χ1n) is 32.2. The minimum Gasteiger partial charge on any atom is -0.399 e. The maximum Gasteiger partial charge on any atom is 0.494 e. The molecule has 1 fully saturated rings. The fourth-order valence-electron chi connectivity index (χ4n) is 12.3. The monoisotopic (exact) mass is 1290 g/mol. The van der Waals surface area contributed by atoms with Gasteiger partial charge in [-0.2, -0.15) is 0 Å². The number of hydrogen-bond donors (Lipinski definition) is 0. The highest BCUT2D eigenvalue weighted by molar-refractivity contribution is 7.26. The maximum atomic E-state index is 6.26. The van der Waals surface area contributed by atoms with Gasteiger partial charge >= 0.3 is 7.12 Å². The lowest BCUT2D eigenvalue weighted by molar-refractivity contribution is 0.00578. The van der Waals surface area contributed by atoms with Crippen molar-refractivity contribution in [3.05, 3.63) is 321 Å². The summed E-state index contributed by atoms with van der Waals surface area (Å²) in [6, 6.07) is 110. The third-order valence-electron chi connectivity index (χ3n) is 18.1. The number of aromatic nitrogens is 4. The minimum absolute atomic E-state index is 0.292. The van der Waals surface area contributed by atoms with Gasteiger partial charge in [-0.3, -0.25) is 0 Å².